The van der Waals surface area contributed by atoms with Crippen molar-refractivity contribution in [3.8, 4) is 11.4 Å². The molecule has 0 atom stereocenters. The highest BCUT2D eigenvalue weighted by molar-refractivity contribution is 8.01. The number of benzene rings is 2. The van der Waals surface area contributed by atoms with E-state index in [-0.39, 0.29) is 5.91 Å². The molecular formula is C23H22N4OS2. The first-order valence-electron chi connectivity index (χ1n) is 9.58. The Morgan fingerprint density at radius 1 is 1.03 bits per heavy atom. The second kappa shape index (κ2) is 8.85. The molecule has 152 valence electrons. The highest BCUT2D eigenvalue weighted by Crippen LogP contribution is 2.35. The molecule has 0 unspecified atom stereocenters. The van der Waals surface area contributed by atoms with E-state index >= 15 is 0 Å². The maximum absolute atomic E-state index is 13.0. The van der Waals surface area contributed by atoms with Crippen molar-refractivity contribution in [3.05, 3.63) is 83.1 Å². The van der Waals surface area contributed by atoms with Crippen LogP contribution in [0.15, 0.2) is 82.6 Å². The van der Waals surface area contributed by atoms with Gasteiger partial charge in [-0.15, -0.1) is 10.2 Å². The van der Waals surface area contributed by atoms with Gasteiger partial charge in [-0.05, 0) is 43.0 Å². The highest BCUT2D eigenvalue weighted by atomic mass is 32.2. The van der Waals surface area contributed by atoms with Gasteiger partial charge in [0.25, 0.3) is 0 Å². The standard InChI is InChI=1S/C23H22N4OS2/c1-23(2,21(28)24-19-11-7-4-8-12-19)30-22-26-25-20(18-13-14-29-16-18)27(22)15-17-9-5-3-6-10-17/h3-14,16H,15H2,1-2H3,(H,24,28). The van der Waals surface area contributed by atoms with E-state index in [0.717, 1.165) is 22.6 Å². The number of hydrogen-bond donors (Lipinski definition) is 1. The lowest BCUT2D eigenvalue weighted by Gasteiger charge is -2.23. The number of carbonyl (C=O) groups excluding carboxylic acids is 1. The summed E-state index contributed by atoms with van der Waals surface area (Å²) in [6.07, 6.45) is 0. The number of carbonyl (C=O) groups is 1. The van der Waals surface area contributed by atoms with Crippen LogP contribution in [-0.2, 0) is 11.3 Å². The quantitative estimate of drug-likeness (QED) is 0.387. The number of anilines is 1. The molecule has 4 rings (SSSR count). The molecule has 7 heteroatoms. The zero-order chi connectivity index (χ0) is 21.0. The van der Waals surface area contributed by atoms with E-state index in [4.69, 9.17) is 0 Å². The number of thioether (sulfide) groups is 1. The molecule has 1 N–H and O–H groups in total. The maximum Gasteiger partial charge on any atom is 0.240 e. The fraction of sp³-hybridized carbons (Fsp3) is 0.174. The third-order valence-corrected chi connectivity index (χ3v) is 6.47. The second-order valence-corrected chi connectivity index (χ2v) is 9.69. The van der Waals surface area contributed by atoms with Crippen molar-refractivity contribution in [2.75, 3.05) is 5.32 Å². The van der Waals surface area contributed by atoms with Crippen LogP contribution in [0.4, 0.5) is 5.69 Å². The third kappa shape index (κ3) is 4.63. The van der Waals surface area contributed by atoms with Crippen LogP contribution in [0.25, 0.3) is 11.4 Å². The Bertz CT molecular complexity index is 1110. The number of nitrogens with one attached hydrogen (secondary N) is 1. The smallest absolute Gasteiger partial charge is 0.240 e. The summed E-state index contributed by atoms with van der Waals surface area (Å²) >= 11 is 3.04. The fourth-order valence-electron chi connectivity index (χ4n) is 2.96. The van der Waals surface area contributed by atoms with Gasteiger partial charge in [-0.25, -0.2) is 0 Å². The summed E-state index contributed by atoms with van der Waals surface area (Å²) in [6, 6.07) is 21.7. The normalized spacial score (nSPS) is 11.4. The van der Waals surface area contributed by atoms with Crippen LogP contribution in [0.5, 0.6) is 0 Å². The molecule has 0 spiro atoms. The van der Waals surface area contributed by atoms with Gasteiger partial charge in [0.2, 0.25) is 5.91 Å². The predicted molar refractivity (Wildman–Crippen MR) is 124 cm³/mol. The second-order valence-electron chi connectivity index (χ2n) is 7.32. The van der Waals surface area contributed by atoms with E-state index in [1.807, 2.05) is 73.8 Å². The minimum absolute atomic E-state index is 0.0787. The Hall–Kier alpha value is -2.90. The van der Waals surface area contributed by atoms with Crippen molar-refractivity contribution in [3.63, 3.8) is 0 Å². The molecule has 0 fully saturated rings. The molecular weight excluding hydrogens is 412 g/mol. The third-order valence-electron chi connectivity index (χ3n) is 4.60. The minimum atomic E-state index is -0.733. The van der Waals surface area contributed by atoms with Gasteiger partial charge in [0.05, 0.1) is 11.3 Å². The minimum Gasteiger partial charge on any atom is -0.325 e. The summed E-state index contributed by atoms with van der Waals surface area (Å²) in [4.78, 5) is 13.0. The molecule has 2 heterocycles. The molecule has 30 heavy (non-hydrogen) atoms. The number of amides is 1. The number of thiophene rings is 1. The highest BCUT2D eigenvalue weighted by Gasteiger charge is 2.32. The van der Waals surface area contributed by atoms with Crippen molar-refractivity contribution in [2.24, 2.45) is 0 Å². The molecule has 0 aliphatic carbocycles. The van der Waals surface area contributed by atoms with Crippen molar-refractivity contribution in [1.29, 1.82) is 0 Å². The van der Waals surface area contributed by atoms with E-state index in [1.54, 1.807) is 11.3 Å². The molecule has 4 aromatic rings. The van der Waals surface area contributed by atoms with Gasteiger partial charge >= 0.3 is 0 Å². The molecule has 0 radical (unpaired) electrons. The first-order valence-corrected chi connectivity index (χ1v) is 11.3. The van der Waals surface area contributed by atoms with Crippen molar-refractivity contribution in [1.82, 2.24) is 14.8 Å². The molecule has 0 bridgehead atoms. The first-order chi connectivity index (χ1) is 14.5. The van der Waals surface area contributed by atoms with Crippen molar-refractivity contribution in [2.45, 2.75) is 30.3 Å². The summed E-state index contributed by atoms with van der Waals surface area (Å²) in [6.45, 7) is 4.45. The van der Waals surface area contributed by atoms with Gasteiger partial charge in [0, 0.05) is 16.6 Å². The summed E-state index contributed by atoms with van der Waals surface area (Å²) in [5, 5.41) is 16.7. The van der Waals surface area contributed by atoms with Gasteiger partial charge < -0.3 is 5.32 Å². The predicted octanol–water partition coefficient (Wildman–Crippen LogP) is 5.56. The lowest BCUT2D eigenvalue weighted by Crippen LogP contribution is -2.34. The van der Waals surface area contributed by atoms with Crippen LogP contribution in [0.2, 0.25) is 0 Å². The van der Waals surface area contributed by atoms with Crippen LogP contribution in [0.3, 0.4) is 0 Å². The molecule has 5 nitrogen and oxygen atoms in total. The van der Waals surface area contributed by atoms with E-state index in [2.05, 4.69) is 37.6 Å². The van der Waals surface area contributed by atoms with E-state index in [9.17, 15) is 4.79 Å². The Kier molecular flexibility index (Phi) is 6.01. The number of rotatable bonds is 7. The summed E-state index contributed by atoms with van der Waals surface area (Å²) in [7, 11) is 0. The molecule has 0 aliphatic heterocycles. The fourth-order valence-corrected chi connectivity index (χ4v) is 4.53. The number of para-hydroxylation sites is 1. The lowest BCUT2D eigenvalue weighted by atomic mass is 10.2. The SMILES string of the molecule is CC(C)(Sc1nnc(-c2ccsc2)n1Cc1ccccc1)C(=O)Nc1ccccc1. The van der Waals surface area contributed by atoms with Crippen molar-refractivity contribution >= 4 is 34.7 Å². The van der Waals surface area contributed by atoms with Gasteiger partial charge in [0.1, 0.15) is 0 Å². The molecule has 0 saturated carbocycles. The largest absolute Gasteiger partial charge is 0.325 e. The zero-order valence-electron chi connectivity index (χ0n) is 16.8. The summed E-state index contributed by atoms with van der Waals surface area (Å²) < 4.78 is 1.35. The van der Waals surface area contributed by atoms with E-state index in [0.29, 0.717) is 11.7 Å². The van der Waals surface area contributed by atoms with Crippen LogP contribution in [0, 0.1) is 0 Å². The van der Waals surface area contributed by atoms with Crippen LogP contribution in [-0.4, -0.2) is 25.4 Å². The molecule has 2 aromatic heterocycles. The molecule has 2 aromatic carbocycles. The maximum atomic E-state index is 13.0. The molecule has 1 amide bonds. The molecule has 0 saturated heterocycles. The summed E-state index contributed by atoms with van der Waals surface area (Å²) in [5.74, 6) is 0.729. The first kappa shape index (κ1) is 20.4. The average molecular weight is 435 g/mol. The topological polar surface area (TPSA) is 59.8 Å². The van der Waals surface area contributed by atoms with E-state index in [1.165, 1.54) is 11.8 Å². The van der Waals surface area contributed by atoms with Gasteiger partial charge in [-0.3, -0.25) is 9.36 Å². The van der Waals surface area contributed by atoms with E-state index < -0.39 is 4.75 Å². The average Bonchev–Trinajstić information content (AvgIpc) is 3.40. The Morgan fingerprint density at radius 3 is 2.40 bits per heavy atom. The Balaban J connectivity index is 1.62. The lowest BCUT2D eigenvalue weighted by molar-refractivity contribution is -0.117. The molecule has 0 aliphatic rings. The van der Waals surface area contributed by atoms with Crippen LogP contribution < -0.4 is 5.32 Å². The number of hydrogen-bond acceptors (Lipinski definition) is 5. The zero-order valence-corrected chi connectivity index (χ0v) is 18.4. The summed E-state index contributed by atoms with van der Waals surface area (Å²) in [5.41, 5.74) is 2.96. The Morgan fingerprint density at radius 2 is 1.73 bits per heavy atom. The van der Waals surface area contributed by atoms with Crippen LogP contribution in [0.1, 0.15) is 19.4 Å². The van der Waals surface area contributed by atoms with Crippen molar-refractivity contribution < 1.29 is 4.79 Å². The number of aromatic nitrogens is 3. The monoisotopic (exact) mass is 434 g/mol. The Labute approximate surface area is 184 Å². The van der Waals surface area contributed by atoms with Gasteiger partial charge in [-0.1, -0.05) is 60.3 Å². The number of nitrogens with zero attached hydrogens (tertiary/aromatic N) is 3. The van der Waals surface area contributed by atoms with Crippen LogP contribution >= 0.6 is 23.1 Å². The van der Waals surface area contributed by atoms with Gasteiger partial charge in [0.15, 0.2) is 11.0 Å². The van der Waals surface area contributed by atoms with Gasteiger partial charge in [-0.2, -0.15) is 11.3 Å².